The first-order valence-electron chi connectivity index (χ1n) is 7.40. The Bertz CT molecular complexity index is 715. The molecule has 0 fully saturated rings. The van der Waals surface area contributed by atoms with Crippen molar-refractivity contribution in [1.29, 1.82) is 0 Å². The van der Waals surface area contributed by atoms with Gasteiger partial charge in [-0.2, -0.15) is 0 Å². The lowest BCUT2D eigenvalue weighted by atomic mass is 10.1. The molecule has 1 unspecified atom stereocenters. The molecule has 1 aromatic carbocycles. The van der Waals surface area contributed by atoms with Crippen LogP contribution in [0.15, 0.2) is 48.0 Å². The highest BCUT2D eigenvalue weighted by Crippen LogP contribution is 2.22. The molecule has 2 aromatic heterocycles. The topological polar surface area (TPSA) is 24.9 Å². The number of hydrogen-bond donors (Lipinski definition) is 1. The molecular formula is C18H20N2S. The fourth-order valence-electron chi connectivity index (χ4n) is 2.38. The number of pyridine rings is 1. The number of thiophene rings is 1. The van der Waals surface area contributed by atoms with Crippen molar-refractivity contribution in [3.8, 4) is 0 Å². The maximum Gasteiger partial charge on any atom is 0.0809 e. The molecule has 0 aliphatic heterocycles. The normalized spacial score (nSPS) is 12.7. The molecule has 1 atom stereocenters. The molecule has 3 heteroatoms. The molecule has 2 nitrogen and oxygen atoms in total. The van der Waals surface area contributed by atoms with E-state index in [4.69, 9.17) is 0 Å². The number of fused-ring (bicyclic) bond motifs is 1. The Morgan fingerprint density at radius 1 is 1.14 bits per heavy atom. The molecule has 0 aliphatic carbocycles. The van der Waals surface area contributed by atoms with E-state index in [0.717, 1.165) is 18.5 Å². The Labute approximate surface area is 129 Å². The Hall–Kier alpha value is -1.71. The molecule has 3 rings (SSSR count). The predicted octanol–water partition coefficient (Wildman–Crippen LogP) is 4.71. The fourth-order valence-corrected chi connectivity index (χ4v) is 3.17. The molecule has 0 amide bonds. The summed E-state index contributed by atoms with van der Waals surface area (Å²) >= 11 is 1.75. The lowest BCUT2D eigenvalue weighted by molar-refractivity contribution is 0.574. The third kappa shape index (κ3) is 3.31. The molecular weight excluding hydrogens is 276 g/mol. The van der Waals surface area contributed by atoms with Crippen LogP contribution in [0.3, 0.4) is 0 Å². The molecule has 1 N–H and O–H groups in total. The van der Waals surface area contributed by atoms with Crippen molar-refractivity contribution in [2.24, 2.45) is 0 Å². The summed E-state index contributed by atoms with van der Waals surface area (Å²) in [5, 5.41) is 5.67. The lowest BCUT2D eigenvalue weighted by Crippen LogP contribution is -2.18. The Balaban J connectivity index is 1.66. The predicted molar refractivity (Wildman–Crippen MR) is 90.7 cm³/mol. The summed E-state index contributed by atoms with van der Waals surface area (Å²) in [6, 6.07) is 13.4. The van der Waals surface area contributed by atoms with Gasteiger partial charge >= 0.3 is 0 Å². The van der Waals surface area contributed by atoms with Crippen molar-refractivity contribution in [2.45, 2.75) is 32.9 Å². The van der Waals surface area contributed by atoms with E-state index in [1.165, 1.54) is 21.4 Å². The minimum Gasteiger partial charge on any atom is -0.306 e. The maximum absolute atomic E-state index is 4.51. The third-order valence-corrected chi connectivity index (χ3v) is 4.72. The van der Waals surface area contributed by atoms with Crippen LogP contribution < -0.4 is 5.32 Å². The van der Waals surface area contributed by atoms with Crippen molar-refractivity contribution in [2.75, 3.05) is 0 Å². The van der Waals surface area contributed by atoms with Gasteiger partial charge in [0.15, 0.2) is 0 Å². The highest BCUT2D eigenvalue weighted by molar-refractivity contribution is 7.17. The number of rotatable bonds is 5. The second-order valence-electron chi connectivity index (χ2n) is 5.35. The van der Waals surface area contributed by atoms with E-state index in [2.05, 4.69) is 65.9 Å². The Morgan fingerprint density at radius 2 is 1.90 bits per heavy atom. The molecule has 0 saturated carbocycles. The summed E-state index contributed by atoms with van der Waals surface area (Å²) in [5.41, 5.74) is 5.05. The summed E-state index contributed by atoms with van der Waals surface area (Å²) in [7, 11) is 0. The van der Waals surface area contributed by atoms with Crippen LogP contribution in [0.25, 0.3) is 10.2 Å². The van der Waals surface area contributed by atoms with E-state index in [9.17, 15) is 0 Å². The third-order valence-electron chi connectivity index (χ3n) is 3.87. The van der Waals surface area contributed by atoms with Gasteiger partial charge in [0.25, 0.3) is 0 Å². The van der Waals surface area contributed by atoms with Gasteiger partial charge in [-0.05, 0) is 47.5 Å². The molecule has 0 saturated heterocycles. The summed E-state index contributed by atoms with van der Waals surface area (Å²) in [6.07, 6.45) is 3.07. The standard InChI is InChI=1S/C18H20N2S/c1-3-14-4-6-15(7-5-14)11-19-13(2)16-10-18-17(20-12-16)8-9-21-18/h4-10,12-13,19H,3,11H2,1-2H3. The van der Waals surface area contributed by atoms with Crippen molar-refractivity contribution in [3.63, 3.8) is 0 Å². The van der Waals surface area contributed by atoms with Crippen molar-refractivity contribution < 1.29 is 0 Å². The first-order chi connectivity index (χ1) is 10.3. The summed E-state index contributed by atoms with van der Waals surface area (Å²) in [4.78, 5) is 4.51. The zero-order chi connectivity index (χ0) is 14.7. The van der Waals surface area contributed by atoms with Crippen LogP contribution in [-0.2, 0) is 13.0 Å². The SMILES string of the molecule is CCc1ccc(CNC(C)c2cnc3ccsc3c2)cc1. The van der Waals surface area contributed by atoms with E-state index in [-0.39, 0.29) is 0 Å². The Morgan fingerprint density at radius 3 is 2.67 bits per heavy atom. The van der Waals surface area contributed by atoms with Crippen LogP contribution in [0.1, 0.15) is 36.6 Å². The van der Waals surface area contributed by atoms with Gasteiger partial charge in [0, 0.05) is 18.8 Å². The van der Waals surface area contributed by atoms with E-state index in [1.54, 1.807) is 11.3 Å². The zero-order valence-electron chi connectivity index (χ0n) is 12.5. The van der Waals surface area contributed by atoms with Crippen LogP contribution in [0, 0.1) is 0 Å². The van der Waals surface area contributed by atoms with Gasteiger partial charge in [-0.3, -0.25) is 4.98 Å². The van der Waals surface area contributed by atoms with E-state index < -0.39 is 0 Å². The average molecular weight is 296 g/mol. The summed E-state index contributed by atoms with van der Waals surface area (Å²) < 4.78 is 1.26. The first kappa shape index (κ1) is 14.2. The van der Waals surface area contributed by atoms with Gasteiger partial charge in [0.2, 0.25) is 0 Å². The number of aryl methyl sites for hydroxylation is 1. The van der Waals surface area contributed by atoms with E-state index in [1.807, 2.05) is 6.20 Å². The smallest absolute Gasteiger partial charge is 0.0809 e. The maximum atomic E-state index is 4.51. The second-order valence-corrected chi connectivity index (χ2v) is 6.29. The summed E-state index contributed by atoms with van der Waals surface area (Å²) in [5.74, 6) is 0. The molecule has 0 radical (unpaired) electrons. The molecule has 0 aliphatic rings. The molecule has 3 aromatic rings. The van der Waals surface area contributed by atoms with Crippen molar-refractivity contribution in [3.05, 3.63) is 64.7 Å². The van der Waals surface area contributed by atoms with Crippen molar-refractivity contribution in [1.82, 2.24) is 10.3 Å². The van der Waals surface area contributed by atoms with Crippen LogP contribution >= 0.6 is 11.3 Å². The highest BCUT2D eigenvalue weighted by atomic mass is 32.1. The largest absolute Gasteiger partial charge is 0.306 e. The number of nitrogens with one attached hydrogen (secondary N) is 1. The van der Waals surface area contributed by atoms with Gasteiger partial charge in [0.1, 0.15) is 0 Å². The van der Waals surface area contributed by atoms with Gasteiger partial charge in [-0.15, -0.1) is 11.3 Å². The minimum absolute atomic E-state index is 0.301. The summed E-state index contributed by atoms with van der Waals surface area (Å²) in [6.45, 7) is 5.26. The van der Waals surface area contributed by atoms with Crippen LogP contribution in [0.2, 0.25) is 0 Å². The van der Waals surface area contributed by atoms with Gasteiger partial charge < -0.3 is 5.32 Å². The fraction of sp³-hybridized carbons (Fsp3) is 0.278. The molecule has 108 valence electrons. The quantitative estimate of drug-likeness (QED) is 0.737. The number of nitrogens with zero attached hydrogens (tertiary/aromatic N) is 1. The van der Waals surface area contributed by atoms with Crippen LogP contribution in [0.5, 0.6) is 0 Å². The molecule has 0 spiro atoms. The van der Waals surface area contributed by atoms with Crippen LogP contribution in [-0.4, -0.2) is 4.98 Å². The van der Waals surface area contributed by atoms with Gasteiger partial charge in [0.05, 0.1) is 10.2 Å². The Kier molecular flexibility index (Phi) is 4.32. The van der Waals surface area contributed by atoms with Crippen LogP contribution in [0.4, 0.5) is 0 Å². The average Bonchev–Trinajstić information content (AvgIpc) is 3.00. The van der Waals surface area contributed by atoms with Gasteiger partial charge in [-0.1, -0.05) is 31.2 Å². The highest BCUT2D eigenvalue weighted by Gasteiger charge is 2.07. The number of hydrogen-bond acceptors (Lipinski definition) is 3. The molecule has 0 bridgehead atoms. The minimum atomic E-state index is 0.301. The second kappa shape index (κ2) is 6.37. The first-order valence-corrected chi connectivity index (χ1v) is 8.28. The lowest BCUT2D eigenvalue weighted by Gasteiger charge is -2.14. The molecule has 21 heavy (non-hydrogen) atoms. The van der Waals surface area contributed by atoms with E-state index in [0.29, 0.717) is 6.04 Å². The zero-order valence-corrected chi connectivity index (χ0v) is 13.3. The number of benzene rings is 1. The van der Waals surface area contributed by atoms with Crippen molar-refractivity contribution >= 4 is 21.6 Å². The molecule has 2 heterocycles. The van der Waals surface area contributed by atoms with E-state index >= 15 is 0 Å². The number of aromatic nitrogens is 1. The van der Waals surface area contributed by atoms with Gasteiger partial charge in [-0.25, -0.2) is 0 Å². The monoisotopic (exact) mass is 296 g/mol.